The smallest absolute Gasteiger partial charge is 0.0665 e. The van der Waals surface area contributed by atoms with E-state index in [1.165, 1.54) is 32.1 Å². The lowest BCUT2D eigenvalue weighted by Crippen LogP contribution is -2.26. The highest BCUT2D eigenvalue weighted by Gasteiger charge is 2.24. The van der Waals surface area contributed by atoms with Gasteiger partial charge < -0.3 is 5.11 Å². The second-order valence-corrected chi connectivity index (χ2v) is 4.56. The van der Waals surface area contributed by atoms with Gasteiger partial charge in [0.1, 0.15) is 0 Å². The molecule has 1 aliphatic rings. The SMILES string of the molecule is CCC1CCC(C(O)CBr)CC1. The van der Waals surface area contributed by atoms with Crippen LogP contribution in [0.4, 0.5) is 0 Å². The molecule has 1 fully saturated rings. The number of hydrogen-bond acceptors (Lipinski definition) is 1. The third-order valence-electron chi connectivity index (χ3n) is 3.17. The molecule has 0 bridgehead atoms. The number of aliphatic hydroxyl groups is 1. The van der Waals surface area contributed by atoms with E-state index >= 15 is 0 Å². The van der Waals surface area contributed by atoms with Crippen LogP contribution < -0.4 is 0 Å². The van der Waals surface area contributed by atoms with Crippen molar-refractivity contribution in [2.24, 2.45) is 11.8 Å². The highest BCUT2D eigenvalue weighted by atomic mass is 79.9. The number of hydrogen-bond donors (Lipinski definition) is 1. The normalized spacial score (nSPS) is 33.2. The van der Waals surface area contributed by atoms with Crippen LogP contribution in [0.25, 0.3) is 0 Å². The van der Waals surface area contributed by atoms with E-state index in [0.29, 0.717) is 5.92 Å². The quantitative estimate of drug-likeness (QED) is 0.745. The Bertz CT molecular complexity index is 119. The Morgan fingerprint density at radius 1 is 1.33 bits per heavy atom. The van der Waals surface area contributed by atoms with E-state index in [2.05, 4.69) is 22.9 Å². The van der Waals surface area contributed by atoms with Crippen molar-refractivity contribution < 1.29 is 5.11 Å². The fourth-order valence-electron chi connectivity index (χ4n) is 2.11. The summed E-state index contributed by atoms with van der Waals surface area (Å²) in [5, 5.41) is 10.3. The molecule has 0 aromatic rings. The van der Waals surface area contributed by atoms with Crippen molar-refractivity contribution in [2.75, 3.05) is 5.33 Å². The zero-order valence-corrected chi connectivity index (χ0v) is 9.39. The summed E-state index contributed by atoms with van der Waals surface area (Å²) in [6, 6.07) is 0. The molecular weight excluding hydrogens is 216 g/mol. The first kappa shape index (κ1) is 10.5. The molecule has 0 heterocycles. The van der Waals surface area contributed by atoms with Crippen molar-refractivity contribution in [3.8, 4) is 0 Å². The van der Waals surface area contributed by atoms with Crippen LogP contribution in [0.15, 0.2) is 0 Å². The maximum Gasteiger partial charge on any atom is 0.0665 e. The largest absolute Gasteiger partial charge is 0.392 e. The second kappa shape index (κ2) is 5.23. The molecule has 2 heteroatoms. The summed E-state index contributed by atoms with van der Waals surface area (Å²) in [5.74, 6) is 1.50. The third-order valence-corrected chi connectivity index (χ3v) is 3.83. The predicted octanol–water partition coefficient (Wildman–Crippen LogP) is 2.96. The number of aliphatic hydroxyl groups excluding tert-OH is 1. The van der Waals surface area contributed by atoms with Crippen LogP contribution in [-0.2, 0) is 0 Å². The van der Waals surface area contributed by atoms with Crippen LogP contribution in [0.1, 0.15) is 39.0 Å². The van der Waals surface area contributed by atoms with Gasteiger partial charge in [0.05, 0.1) is 6.10 Å². The minimum absolute atomic E-state index is 0.109. The Balaban J connectivity index is 2.25. The van der Waals surface area contributed by atoms with E-state index in [-0.39, 0.29) is 6.10 Å². The Morgan fingerprint density at radius 2 is 1.92 bits per heavy atom. The summed E-state index contributed by atoms with van der Waals surface area (Å²) in [6.07, 6.45) is 6.31. The van der Waals surface area contributed by atoms with Gasteiger partial charge in [-0.2, -0.15) is 0 Å². The minimum Gasteiger partial charge on any atom is -0.392 e. The maximum absolute atomic E-state index is 9.59. The topological polar surface area (TPSA) is 20.2 Å². The average molecular weight is 235 g/mol. The molecule has 72 valence electrons. The highest BCUT2D eigenvalue weighted by Crippen LogP contribution is 2.32. The molecule has 1 N–H and O–H groups in total. The summed E-state index contributed by atoms with van der Waals surface area (Å²) in [4.78, 5) is 0. The molecule has 1 aliphatic carbocycles. The third kappa shape index (κ3) is 2.74. The van der Waals surface area contributed by atoms with Gasteiger partial charge >= 0.3 is 0 Å². The van der Waals surface area contributed by atoms with Crippen LogP contribution >= 0.6 is 15.9 Å². The molecule has 0 aromatic heterocycles. The van der Waals surface area contributed by atoms with Gasteiger partial charge in [0, 0.05) is 5.33 Å². The molecule has 0 spiro atoms. The molecular formula is C10H19BrO. The van der Waals surface area contributed by atoms with Crippen LogP contribution in [0.5, 0.6) is 0 Å². The molecule has 0 aromatic carbocycles. The van der Waals surface area contributed by atoms with E-state index in [4.69, 9.17) is 0 Å². The summed E-state index contributed by atoms with van der Waals surface area (Å²) >= 11 is 3.33. The number of rotatable bonds is 3. The molecule has 12 heavy (non-hydrogen) atoms. The van der Waals surface area contributed by atoms with Gasteiger partial charge in [-0.05, 0) is 24.7 Å². The van der Waals surface area contributed by atoms with Gasteiger partial charge in [-0.3, -0.25) is 0 Å². The molecule has 0 saturated heterocycles. The fourth-order valence-corrected chi connectivity index (χ4v) is 2.64. The zero-order valence-electron chi connectivity index (χ0n) is 7.80. The lowest BCUT2D eigenvalue weighted by atomic mass is 9.79. The van der Waals surface area contributed by atoms with E-state index in [9.17, 15) is 5.11 Å². The van der Waals surface area contributed by atoms with Crippen molar-refractivity contribution in [1.82, 2.24) is 0 Å². The van der Waals surface area contributed by atoms with Crippen LogP contribution in [0, 0.1) is 11.8 Å². The van der Waals surface area contributed by atoms with Crippen molar-refractivity contribution in [3.05, 3.63) is 0 Å². The molecule has 1 nitrogen and oxygen atoms in total. The van der Waals surface area contributed by atoms with Gasteiger partial charge in [0.2, 0.25) is 0 Å². The number of alkyl halides is 1. The van der Waals surface area contributed by atoms with E-state index < -0.39 is 0 Å². The number of halogens is 1. The Hall–Kier alpha value is 0.440. The lowest BCUT2D eigenvalue weighted by molar-refractivity contribution is 0.0925. The van der Waals surface area contributed by atoms with Gasteiger partial charge in [-0.1, -0.05) is 42.1 Å². The average Bonchev–Trinajstić information content (AvgIpc) is 2.17. The summed E-state index contributed by atoms with van der Waals surface area (Å²) in [7, 11) is 0. The van der Waals surface area contributed by atoms with Crippen molar-refractivity contribution in [1.29, 1.82) is 0 Å². The van der Waals surface area contributed by atoms with Gasteiger partial charge in [0.25, 0.3) is 0 Å². The summed E-state index contributed by atoms with van der Waals surface area (Å²) in [6.45, 7) is 2.27. The van der Waals surface area contributed by atoms with E-state index in [0.717, 1.165) is 11.2 Å². The van der Waals surface area contributed by atoms with Crippen molar-refractivity contribution >= 4 is 15.9 Å². The summed E-state index contributed by atoms with van der Waals surface area (Å²) in [5.41, 5.74) is 0. The molecule has 0 aliphatic heterocycles. The first-order valence-electron chi connectivity index (χ1n) is 5.02. The molecule has 1 unspecified atom stereocenters. The monoisotopic (exact) mass is 234 g/mol. The van der Waals surface area contributed by atoms with Crippen molar-refractivity contribution in [3.63, 3.8) is 0 Å². The van der Waals surface area contributed by atoms with Gasteiger partial charge in [0.15, 0.2) is 0 Å². The van der Waals surface area contributed by atoms with E-state index in [1.54, 1.807) is 0 Å². The predicted molar refractivity (Wildman–Crippen MR) is 55.5 cm³/mol. The van der Waals surface area contributed by atoms with Gasteiger partial charge in [-0.25, -0.2) is 0 Å². The fraction of sp³-hybridized carbons (Fsp3) is 1.00. The van der Waals surface area contributed by atoms with Gasteiger partial charge in [-0.15, -0.1) is 0 Å². The zero-order chi connectivity index (χ0) is 8.97. The minimum atomic E-state index is -0.109. The Labute approximate surface area is 83.7 Å². The maximum atomic E-state index is 9.59. The summed E-state index contributed by atoms with van der Waals surface area (Å²) < 4.78 is 0. The highest BCUT2D eigenvalue weighted by molar-refractivity contribution is 9.09. The standard InChI is InChI=1S/C10H19BrO/c1-2-8-3-5-9(6-4-8)10(12)7-11/h8-10,12H,2-7H2,1H3. The molecule has 1 rings (SSSR count). The second-order valence-electron chi connectivity index (χ2n) is 3.91. The molecule has 0 amide bonds. The lowest BCUT2D eigenvalue weighted by Gasteiger charge is -2.30. The van der Waals surface area contributed by atoms with Crippen LogP contribution in [0.2, 0.25) is 0 Å². The molecule has 0 radical (unpaired) electrons. The van der Waals surface area contributed by atoms with Crippen LogP contribution in [-0.4, -0.2) is 16.5 Å². The first-order chi connectivity index (χ1) is 5.77. The Kier molecular flexibility index (Phi) is 4.59. The Morgan fingerprint density at radius 3 is 2.33 bits per heavy atom. The van der Waals surface area contributed by atoms with Crippen molar-refractivity contribution in [2.45, 2.75) is 45.1 Å². The van der Waals surface area contributed by atoms with E-state index in [1.807, 2.05) is 0 Å². The molecule has 1 saturated carbocycles. The molecule has 1 atom stereocenters. The van der Waals surface area contributed by atoms with Crippen LogP contribution in [0.3, 0.4) is 0 Å². The first-order valence-corrected chi connectivity index (χ1v) is 6.14.